The molecule has 5 aromatic rings. The molecule has 0 aliphatic carbocycles. The third-order valence-electron chi connectivity index (χ3n) is 17.9. The van der Waals surface area contributed by atoms with Crippen molar-refractivity contribution in [1.82, 2.24) is 68.6 Å². The molecule has 4 saturated heterocycles. The summed E-state index contributed by atoms with van der Waals surface area (Å²) in [6, 6.07) is 1.02. The van der Waals surface area contributed by atoms with Gasteiger partial charge in [-0.25, -0.2) is 46.4 Å². The normalized spacial score (nSPS) is 26.2. The summed E-state index contributed by atoms with van der Waals surface area (Å²) in [5.74, 6) is -11.0. The van der Waals surface area contributed by atoms with Crippen LogP contribution >= 0.6 is 46.4 Å². The van der Waals surface area contributed by atoms with Crippen molar-refractivity contribution < 1.29 is 113 Å². The van der Waals surface area contributed by atoms with E-state index >= 15 is 17.6 Å². The summed E-state index contributed by atoms with van der Waals surface area (Å²) in [5, 5.41) is 15.1. The Kier molecular flexibility index (Phi) is 35.3. The number of halogens is 8. The lowest BCUT2D eigenvalue weighted by Crippen LogP contribution is -2.51. The molecule has 4 aliphatic heterocycles. The molecule has 49 heteroatoms. The summed E-state index contributed by atoms with van der Waals surface area (Å²) in [6.07, 6.45) is -14.3. The SMILES string of the molecule is CC(C)C(=O)OC[C@@]1(CCl)OC(n2ncc(=O)[nH]c2=O)[C@H](F)[C@@H]1OC(=O)C(C)C.CC(C)C(=O)OC[C@@]1(CCl)O[C@@H](n2ccc(=O)[nH]c2=O)[C@H](F)[C@@H]1OC(=O)C(C)C.CC(C)C(=O)OC[C@@]1(CCl)O[C@@H](n2ncc(-n3cncn3)nc2=O)[C@H](F)[C@@H]1OC(=O)C(C)C.CC(C)C(=O)OC[C@@]1(CCl)O[C@@H](n2ncc(N)nc2=O)[C@H](F)[C@@H]1OC(=O)C(C)C. The minimum atomic E-state index is -2.08. The highest BCUT2D eigenvalue weighted by molar-refractivity contribution is 6.19. The van der Waals surface area contributed by atoms with Crippen molar-refractivity contribution in [2.24, 2.45) is 47.3 Å². The van der Waals surface area contributed by atoms with Crippen molar-refractivity contribution in [2.45, 2.75) is 207 Å². The number of aromatic amines is 2. The van der Waals surface area contributed by atoms with Crippen molar-refractivity contribution in [2.75, 3.05) is 55.7 Å². The van der Waals surface area contributed by atoms with Gasteiger partial charge in [-0.2, -0.15) is 44.4 Å². The number of anilines is 1. The number of hydrogen-bond acceptors (Lipinski definition) is 34. The molecule has 0 amide bonds. The number of nitrogens with one attached hydrogen (secondary N) is 2. The van der Waals surface area contributed by atoms with Gasteiger partial charge in [0.15, 0.2) is 102 Å². The molecule has 0 spiro atoms. The molecule has 16 atom stereocenters. The first kappa shape index (κ1) is 99.1. The van der Waals surface area contributed by atoms with Gasteiger partial charge in [-0.3, -0.25) is 62.5 Å². The average molecular weight is 1790 g/mol. The molecular formula is C71H95Cl4F4N15O26. The first-order valence-electron chi connectivity index (χ1n) is 37.2. The summed E-state index contributed by atoms with van der Waals surface area (Å²) in [4.78, 5) is 183. The van der Waals surface area contributed by atoms with Crippen LogP contribution in [-0.4, -0.2) is 238 Å². The van der Waals surface area contributed by atoms with Crippen LogP contribution in [0.15, 0.2) is 72.3 Å². The third-order valence-corrected chi connectivity index (χ3v) is 19.7. The first-order valence-corrected chi connectivity index (χ1v) is 39.3. The first-order chi connectivity index (χ1) is 56.1. The summed E-state index contributed by atoms with van der Waals surface area (Å²) < 4.78 is 130. The Morgan fingerprint density at radius 1 is 0.425 bits per heavy atom. The molecule has 4 N–H and O–H groups in total. The highest BCUT2D eigenvalue weighted by Crippen LogP contribution is 2.46. The number of rotatable bonds is 29. The lowest BCUT2D eigenvalue weighted by molar-refractivity contribution is -0.178. The van der Waals surface area contributed by atoms with Crippen molar-refractivity contribution in [3.05, 3.63) is 106 Å². The van der Waals surface area contributed by atoms with Gasteiger partial charge < -0.3 is 62.6 Å². The lowest BCUT2D eigenvalue weighted by atomic mass is 9.98. The zero-order valence-corrected chi connectivity index (χ0v) is 70.9. The molecule has 0 saturated carbocycles. The smallest absolute Gasteiger partial charge is 0.368 e. The number of carbonyl (C=O) groups is 8. The maximum absolute atomic E-state index is 15.6. The molecular weight excluding hydrogens is 1700 g/mol. The summed E-state index contributed by atoms with van der Waals surface area (Å²) in [7, 11) is 0. The summed E-state index contributed by atoms with van der Waals surface area (Å²) in [6.45, 7) is 23.4. The van der Waals surface area contributed by atoms with Crippen LogP contribution in [0.3, 0.4) is 0 Å². The Morgan fingerprint density at radius 2 is 0.733 bits per heavy atom. The number of esters is 8. The van der Waals surface area contributed by atoms with E-state index in [9.17, 15) is 67.1 Å². The van der Waals surface area contributed by atoms with Gasteiger partial charge in [0.05, 0.1) is 83.3 Å². The van der Waals surface area contributed by atoms with Gasteiger partial charge in [-0.1, -0.05) is 111 Å². The molecule has 41 nitrogen and oxygen atoms in total. The average Bonchev–Trinajstić information content (AvgIpc) is 1.62. The number of nitrogen functional groups attached to an aromatic ring is 1. The molecule has 1 unspecified atom stereocenters. The van der Waals surface area contributed by atoms with Crippen LogP contribution < -0.4 is 39.6 Å². The van der Waals surface area contributed by atoms with Crippen molar-refractivity contribution in [3.8, 4) is 5.82 Å². The monoisotopic (exact) mass is 1790 g/mol. The topological polar surface area (TPSA) is 522 Å². The fourth-order valence-corrected chi connectivity index (χ4v) is 12.1. The Balaban J connectivity index is 0.000000248. The van der Waals surface area contributed by atoms with Gasteiger partial charge in [0.25, 0.3) is 11.1 Å². The second-order valence-electron chi connectivity index (χ2n) is 30.2. The maximum atomic E-state index is 15.6. The van der Waals surface area contributed by atoms with Crippen molar-refractivity contribution >= 4 is 100.0 Å². The zero-order valence-electron chi connectivity index (χ0n) is 67.8. The number of aromatic nitrogens is 14. The van der Waals surface area contributed by atoms with E-state index in [0.29, 0.717) is 14.0 Å². The second kappa shape index (κ2) is 42.7. The van der Waals surface area contributed by atoms with Crippen LogP contribution in [-0.2, 0) is 95.2 Å². The number of carbonyl (C=O) groups excluding carboxylic acids is 8. The van der Waals surface area contributed by atoms with Crippen LogP contribution in [0.4, 0.5) is 23.4 Å². The van der Waals surface area contributed by atoms with Gasteiger partial charge in [-0.05, 0) is 0 Å². The molecule has 0 aromatic carbocycles. The van der Waals surface area contributed by atoms with Gasteiger partial charge in [0.2, 0.25) is 0 Å². The summed E-state index contributed by atoms with van der Waals surface area (Å²) >= 11 is 24.2. The van der Waals surface area contributed by atoms with Crippen molar-refractivity contribution in [1.29, 1.82) is 0 Å². The van der Waals surface area contributed by atoms with E-state index in [0.717, 1.165) is 29.2 Å². The molecule has 4 aliphatic rings. The standard InChI is InChI=1S/C19H24ClFN6O6.C18H24ClFN2O7.C17H24ClFN4O6.C17H23ClFN3O7/c1-10(2)16(28)31-7-19(6-20)14(32-17(29)11(3)4)13(21)15(33-19)27-18(30)25-12(5-23-27)26-9-22-8-24-26;1-9(2)15(24)27-8-18(7-19)13(28-16(25)10(3)4)12(20)14(29-18)22-6-5-11(23)21-17(22)26;1-8(2)14(24)27-7-17(6-18)12(28-15(25)9(3)4)11(19)13(29-17)23-16(26)22-10(20)5-21-23;1-8(2)14(24)27-7-17(6-18)12(28-15(25)9(3)4)11(19)13(29-17)22-16(26)21-10(23)5-20-22/h5,8-11,13-15H,6-7H2,1-4H3;5-6,9-10,12-14H,7-8H2,1-4H3,(H,21,23,26);5,8-9,11-13H,6-7H2,1-4H3,(H2,20,22,26);5,8-9,11-13H,6-7H2,1-4H3,(H,21,23,26)/t13-,14+,15-,19-;12-,13+,14-,18-;11-,12+,13-,17-;11-,12+,13?,17-/m1111/s1. The second-order valence-corrected chi connectivity index (χ2v) is 31.3. The van der Waals surface area contributed by atoms with E-state index in [-0.39, 0.29) is 23.4 Å². The van der Waals surface area contributed by atoms with Crippen molar-refractivity contribution in [3.63, 3.8) is 0 Å². The van der Waals surface area contributed by atoms with Gasteiger partial charge in [-0.15, -0.1) is 46.4 Å². The van der Waals surface area contributed by atoms with E-state index in [1.54, 1.807) is 111 Å². The van der Waals surface area contributed by atoms with E-state index in [4.69, 9.17) is 109 Å². The zero-order chi connectivity index (χ0) is 90.1. The van der Waals surface area contributed by atoms with Crippen LogP contribution in [0.2, 0.25) is 0 Å². The van der Waals surface area contributed by atoms with E-state index in [1.165, 1.54) is 23.5 Å². The van der Waals surface area contributed by atoms with Gasteiger partial charge >= 0.3 is 70.5 Å². The highest BCUT2D eigenvalue weighted by Gasteiger charge is 2.64. The molecule has 9 rings (SSSR count). The quantitative estimate of drug-likeness (QED) is 0.0267. The predicted molar refractivity (Wildman–Crippen MR) is 408 cm³/mol. The number of alkyl halides is 8. The molecule has 0 radical (unpaired) electrons. The molecule has 0 bridgehead atoms. The number of hydrogen-bond donors (Lipinski definition) is 3. The maximum Gasteiger partial charge on any atom is 0.368 e. The van der Waals surface area contributed by atoms with Crippen LogP contribution in [0.25, 0.3) is 5.82 Å². The van der Waals surface area contributed by atoms with E-state index in [1.807, 2.05) is 9.97 Å². The molecule has 666 valence electrons. The Labute approximate surface area is 700 Å². The number of nitrogens with zero attached hydrogens (tertiary/aromatic N) is 12. The molecule has 9 heterocycles. The molecule has 4 fully saturated rings. The number of nitrogens with two attached hydrogens (primary N) is 1. The Morgan fingerprint density at radius 3 is 1.03 bits per heavy atom. The van der Waals surface area contributed by atoms with Gasteiger partial charge in [0.1, 0.15) is 51.1 Å². The highest BCUT2D eigenvalue weighted by atomic mass is 35.5. The Bertz CT molecular complexity index is 4630. The minimum Gasteiger partial charge on any atom is -0.462 e. The van der Waals surface area contributed by atoms with Gasteiger partial charge in [0, 0.05) is 12.3 Å². The van der Waals surface area contributed by atoms with E-state index < -0.39 is 264 Å². The molecule has 120 heavy (non-hydrogen) atoms. The number of ether oxygens (including phenoxy) is 12. The fraction of sp³-hybridized carbons (Fsp3) is 0.676. The summed E-state index contributed by atoms with van der Waals surface area (Å²) in [5.41, 5.74) is -6.88. The fourth-order valence-electron chi connectivity index (χ4n) is 10.9. The largest absolute Gasteiger partial charge is 0.462 e. The lowest BCUT2D eigenvalue weighted by Gasteiger charge is -2.32. The number of H-pyrrole nitrogens is 2. The third kappa shape index (κ3) is 23.7. The molecule has 5 aromatic heterocycles. The Hall–Kier alpha value is -9.67. The minimum absolute atomic E-state index is 0.0550. The predicted octanol–water partition coefficient (Wildman–Crippen LogP) is 3.35. The van der Waals surface area contributed by atoms with Crippen LogP contribution in [0.1, 0.15) is 136 Å². The van der Waals surface area contributed by atoms with Crippen LogP contribution in [0.5, 0.6) is 0 Å². The van der Waals surface area contributed by atoms with Crippen LogP contribution in [0, 0.1) is 47.3 Å². The van der Waals surface area contributed by atoms with E-state index in [2.05, 4.69) is 35.3 Å².